The van der Waals surface area contributed by atoms with Gasteiger partial charge in [0.2, 0.25) is 0 Å². The number of nitrogens with zero attached hydrogens (tertiary/aromatic N) is 2. The number of ether oxygens (including phenoxy) is 1. The average molecular weight is 288 g/mol. The third-order valence-corrected chi connectivity index (χ3v) is 4.94. The van der Waals surface area contributed by atoms with Gasteiger partial charge >= 0.3 is 0 Å². The van der Waals surface area contributed by atoms with E-state index in [0.29, 0.717) is 38.2 Å². The van der Waals surface area contributed by atoms with Crippen molar-refractivity contribution in [3.8, 4) is 0 Å². The summed E-state index contributed by atoms with van der Waals surface area (Å²) >= 11 is 0. The molecule has 1 fully saturated rings. The number of rotatable bonds is 4. The third-order valence-electron chi connectivity index (χ3n) is 3.06. The van der Waals surface area contributed by atoms with Gasteiger partial charge < -0.3 is 10.1 Å². The van der Waals surface area contributed by atoms with Crippen molar-refractivity contribution in [2.24, 2.45) is 0 Å². The first-order chi connectivity index (χ1) is 9.05. The molecule has 7 nitrogen and oxygen atoms in total. The number of H-pyrrole nitrogens is 1. The van der Waals surface area contributed by atoms with E-state index in [1.165, 1.54) is 4.31 Å². The van der Waals surface area contributed by atoms with Crippen LogP contribution in [0.2, 0.25) is 0 Å². The summed E-state index contributed by atoms with van der Waals surface area (Å²) in [4.78, 5) is 0. The van der Waals surface area contributed by atoms with Crippen LogP contribution in [0.15, 0.2) is 11.2 Å². The lowest BCUT2D eigenvalue weighted by Gasteiger charge is -2.21. The summed E-state index contributed by atoms with van der Waals surface area (Å²) < 4.78 is 32.2. The van der Waals surface area contributed by atoms with Crippen molar-refractivity contribution in [1.82, 2.24) is 19.8 Å². The first-order valence-electron chi connectivity index (χ1n) is 6.34. The molecule has 1 aliphatic rings. The number of nitrogens with one attached hydrogen (secondary N) is 2. The summed E-state index contributed by atoms with van der Waals surface area (Å²) in [5, 5.41) is 9.56. The van der Waals surface area contributed by atoms with Gasteiger partial charge in [-0.25, -0.2) is 8.42 Å². The molecule has 1 aromatic rings. The van der Waals surface area contributed by atoms with Gasteiger partial charge in [-0.2, -0.15) is 9.40 Å². The molecule has 0 aliphatic carbocycles. The lowest BCUT2D eigenvalue weighted by atomic mass is 10.4. The van der Waals surface area contributed by atoms with Crippen LogP contribution >= 0.6 is 0 Å². The molecule has 8 heteroatoms. The predicted octanol–water partition coefficient (Wildman–Crippen LogP) is -0.0714. The highest BCUT2D eigenvalue weighted by atomic mass is 32.2. The molecule has 0 saturated carbocycles. The summed E-state index contributed by atoms with van der Waals surface area (Å²) in [5.74, 6) is 0. The standard InChI is InChI=1S/C11H20N4O3S/c1-9-8-15(4-3-5-18-9)19(16,17)11-10(6-12-2)7-13-14-11/h7,9,12H,3-6,8H2,1-2H3,(H,13,14). The molecule has 0 spiro atoms. The summed E-state index contributed by atoms with van der Waals surface area (Å²) in [7, 11) is -1.76. The van der Waals surface area contributed by atoms with Gasteiger partial charge in [0.15, 0.2) is 5.03 Å². The molecule has 2 N–H and O–H groups in total. The molecule has 2 rings (SSSR count). The molecule has 1 saturated heterocycles. The zero-order chi connectivity index (χ0) is 13.9. The SMILES string of the molecule is CNCc1cn[nH]c1S(=O)(=O)N1CCCOC(C)C1. The van der Waals surface area contributed by atoms with E-state index in [0.717, 1.165) is 0 Å². The molecular weight excluding hydrogens is 268 g/mol. The lowest BCUT2D eigenvalue weighted by molar-refractivity contribution is 0.0751. The Kier molecular flexibility index (Phi) is 4.56. The summed E-state index contributed by atoms with van der Waals surface area (Å²) in [5.41, 5.74) is 0.653. The minimum Gasteiger partial charge on any atom is -0.377 e. The second kappa shape index (κ2) is 6.00. The van der Waals surface area contributed by atoms with Gasteiger partial charge in [0.25, 0.3) is 10.0 Å². The Balaban J connectivity index is 2.27. The number of hydrogen-bond acceptors (Lipinski definition) is 5. The van der Waals surface area contributed by atoms with Gasteiger partial charge in [-0.3, -0.25) is 5.10 Å². The Bertz CT molecular complexity index is 514. The van der Waals surface area contributed by atoms with Crippen LogP contribution < -0.4 is 5.32 Å². The molecule has 1 atom stereocenters. The van der Waals surface area contributed by atoms with Crippen molar-refractivity contribution in [1.29, 1.82) is 0 Å². The van der Waals surface area contributed by atoms with Gasteiger partial charge in [0.05, 0.1) is 12.3 Å². The predicted molar refractivity (Wildman–Crippen MR) is 70.1 cm³/mol. The highest BCUT2D eigenvalue weighted by Crippen LogP contribution is 2.20. The van der Waals surface area contributed by atoms with E-state index in [9.17, 15) is 8.42 Å². The van der Waals surface area contributed by atoms with E-state index in [1.807, 2.05) is 6.92 Å². The second-order valence-electron chi connectivity index (χ2n) is 4.65. The van der Waals surface area contributed by atoms with E-state index in [1.54, 1.807) is 13.2 Å². The molecule has 0 amide bonds. The summed E-state index contributed by atoms with van der Waals surface area (Å²) in [6.07, 6.45) is 2.16. The van der Waals surface area contributed by atoms with Gasteiger partial charge in [-0.05, 0) is 20.4 Å². The molecule has 19 heavy (non-hydrogen) atoms. The molecule has 1 aromatic heterocycles. The van der Waals surface area contributed by atoms with Crippen LogP contribution in [-0.2, 0) is 21.3 Å². The maximum absolute atomic E-state index is 12.6. The fraction of sp³-hybridized carbons (Fsp3) is 0.727. The molecule has 0 aromatic carbocycles. The summed E-state index contributed by atoms with van der Waals surface area (Å²) in [6, 6.07) is 0. The largest absolute Gasteiger partial charge is 0.377 e. The molecule has 1 unspecified atom stereocenters. The Morgan fingerprint density at radius 1 is 1.63 bits per heavy atom. The van der Waals surface area contributed by atoms with Crippen LogP contribution in [0, 0.1) is 0 Å². The van der Waals surface area contributed by atoms with E-state index < -0.39 is 10.0 Å². The Morgan fingerprint density at radius 3 is 3.16 bits per heavy atom. The van der Waals surface area contributed by atoms with Gasteiger partial charge in [0.1, 0.15) is 0 Å². The first kappa shape index (κ1) is 14.4. The van der Waals surface area contributed by atoms with E-state index in [-0.39, 0.29) is 11.1 Å². The molecule has 0 bridgehead atoms. The smallest absolute Gasteiger partial charge is 0.260 e. The number of aromatic nitrogens is 2. The highest BCUT2D eigenvalue weighted by Gasteiger charge is 2.30. The maximum atomic E-state index is 12.6. The van der Waals surface area contributed by atoms with Crippen LogP contribution in [-0.4, -0.2) is 55.8 Å². The van der Waals surface area contributed by atoms with E-state index in [4.69, 9.17) is 4.74 Å². The fourth-order valence-corrected chi connectivity index (χ4v) is 3.80. The van der Waals surface area contributed by atoms with Crippen molar-refractivity contribution in [3.63, 3.8) is 0 Å². The molecule has 1 aliphatic heterocycles. The van der Waals surface area contributed by atoms with Gasteiger partial charge in [0, 0.05) is 31.8 Å². The normalized spacial score (nSPS) is 22.3. The van der Waals surface area contributed by atoms with Crippen LogP contribution in [0.4, 0.5) is 0 Å². The van der Waals surface area contributed by atoms with Crippen molar-refractivity contribution in [2.75, 3.05) is 26.7 Å². The van der Waals surface area contributed by atoms with Crippen LogP contribution in [0.5, 0.6) is 0 Å². The Morgan fingerprint density at radius 2 is 2.42 bits per heavy atom. The summed E-state index contributed by atoms with van der Waals surface area (Å²) in [6.45, 7) is 3.80. The Labute approximate surface area is 113 Å². The average Bonchev–Trinajstić information content (AvgIpc) is 2.71. The van der Waals surface area contributed by atoms with Crippen LogP contribution in [0.25, 0.3) is 0 Å². The second-order valence-corrected chi connectivity index (χ2v) is 6.53. The lowest BCUT2D eigenvalue weighted by Crippen LogP contribution is -2.36. The third kappa shape index (κ3) is 3.14. The van der Waals surface area contributed by atoms with Crippen molar-refractivity contribution < 1.29 is 13.2 Å². The van der Waals surface area contributed by atoms with Crippen LogP contribution in [0.3, 0.4) is 0 Å². The van der Waals surface area contributed by atoms with Gasteiger partial charge in [-0.15, -0.1) is 0 Å². The Hall–Kier alpha value is -0.960. The molecule has 0 radical (unpaired) electrons. The first-order valence-corrected chi connectivity index (χ1v) is 7.78. The van der Waals surface area contributed by atoms with Crippen molar-refractivity contribution in [2.45, 2.75) is 31.0 Å². The topological polar surface area (TPSA) is 87.3 Å². The monoisotopic (exact) mass is 288 g/mol. The quantitative estimate of drug-likeness (QED) is 0.810. The number of hydrogen-bond donors (Lipinski definition) is 2. The fourth-order valence-electron chi connectivity index (χ4n) is 2.14. The van der Waals surface area contributed by atoms with Gasteiger partial charge in [-0.1, -0.05) is 0 Å². The minimum atomic E-state index is -3.53. The molecular formula is C11H20N4O3S. The van der Waals surface area contributed by atoms with Crippen LogP contribution in [0.1, 0.15) is 18.9 Å². The van der Waals surface area contributed by atoms with Crippen molar-refractivity contribution in [3.05, 3.63) is 11.8 Å². The maximum Gasteiger partial charge on any atom is 0.260 e. The van der Waals surface area contributed by atoms with Crippen molar-refractivity contribution >= 4 is 10.0 Å². The minimum absolute atomic E-state index is 0.0899. The zero-order valence-electron chi connectivity index (χ0n) is 11.2. The number of aromatic amines is 1. The highest BCUT2D eigenvalue weighted by molar-refractivity contribution is 7.89. The molecule has 2 heterocycles. The van der Waals surface area contributed by atoms with E-state index >= 15 is 0 Å². The number of sulfonamides is 1. The van der Waals surface area contributed by atoms with E-state index in [2.05, 4.69) is 15.5 Å². The molecule has 108 valence electrons. The zero-order valence-corrected chi connectivity index (χ0v) is 12.0.